The molecule has 3 N–H and O–H groups in total. The highest BCUT2D eigenvalue weighted by atomic mass is 19.4. The fourth-order valence-corrected chi connectivity index (χ4v) is 5.65. The minimum absolute atomic E-state index is 0.0715. The molecule has 2 heterocycles. The van der Waals surface area contributed by atoms with Crippen LogP contribution < -0.4 is 10.6 Å². The maximum Gasteiger partial charge on any atom is 0.416 e. The summed E-state index contributed by atoms with van der Waals surface area (Å²) in [6.07, 6.45) is -4.50. The number of benzene rings is 2. The van der Waals surface area contributed by atoms with Gasteiger partial charge in [0.05, 0.1) is 22.3 Å². The van der Waals surface area contributed by atoms with Crippen molar-refractivity contribution in [2.24, 2.45) is 11.7 Å². The summed E-state index contributed by atoms with van der Waals surface area (Å²) < 4.78 is 81.3. The highest BCUT2D eigenvalue weighted by Crippen LogP contribution is 2.38. The van der Waals surface area contributed by atoms with E-state index in [1.165, 1.54) is 17.7 Å². The monoisotopic (exact) mass is 577 g/mol. The summed E-state index contributed by atoms with van der Waals surface area (Å²) in [6.45, 7) is 0.0934. The first kappa shape index (κ1) is 28.8. The molecule has 1 aliphatic carbocycles. The lowest BCUT2D eigenvalue weighted by Crippen LogP contribution is -2.26. The molecule has 0 radical (unpaired) electrons. The van der Waals surface area contributed by atoms with Crippen LogP contribution >= 0.6 is 0 Å². The molecule has 2 aromatic heterocycles. The number of fused-ring (bicyclic) bond motifs is 1. The molecule has 0 amide bonds. The number of nitrogens with two attached hydrogens (primary N) is 1. The maximum absolute atomic E-state index is 13.6. The van der Waals surface area contributed by atoms with Crippen LogP contribution in [0, 0.1) is 5.92 Å². The summed E-state index contributed by atoms with van der Waals surface area (Å²) >= 11 is 0. The summed E-state index contributed by atoms with van der Waals surface area (Å²) in [5.74, 6) is 0.540. The van der Waals surface area contributed by atoms with Crippen LogP contribution in [0.2, 0.25) is 0 Å². The Hall–Kier alpha value is -3.74. The van der Waals surface area contributed by atoms with E-state index in [0.717, 1.165) is 41.4 Å². The number of rotatable bonds is 9. The lowest BCUT2D eigenvalue weighted by atomic mass is 9.88. The zero-order valence-electron chi connectivity index (χ0n) is 22.0. The van der Waals surface area contributed by atoms with Gasteiger partial charge in [-0.15, -0.1) is 0 Å². The minimum atomic E-state index is -4.96. The molecule has 1 fully saturated rings. The Morgan fingerprint density at radius 2 is 1.61 bits per heavy atom. The number of para-hydroxylation sites is 1. The Morgan fingerprint density at radius 3 is 2.22 bits per heavy atom. The third-order valence-corrected chi connectivity index (χ3v) is 7.62. The molecule has 0 saturated heterocycles. The number of halogens is 6. The average molecular weight is 578 g/mol. The molecule has 41 heavy (non-hydrogen) atoms. The van der Waals surface area contributed by atoms with E-state index in [4.69, 9.17) is 10.7 Å². The SMILES string of the molecule is NCC(CC1CCCC1)c1nc2ccccc2cc1CN(Cc1cc(C(F)(F)F)cc(C(F)(F)F)c1)c1nnn[nH]1. The van der Waals surface area contributed by atoms with E-state index in [0.29, 0.717) is 24.6 Å². The third kappa shape index (κ3) is 6.77. The number of aromatic nitrogens is 5. The largest absolute Gasteiger partial charge is 0.416 e. The number of H-pyrrole nitrogens is 1. The van der Waals surface area contributed by atoms with Crippen LogP contribution in [-0.2, 0) is 25.4 Å². The number of hydrogen-bond acceptors (Lipinski definition) is 6. The second-order valence-corrected chi connectivity index (χ2v) is 10.5. The Kier molecular flexibility index (Phi) is 8.16. The molecule has 2 aromatic carbocycles. The molecule has 0 spiro atoms. The van der Waals surface area contributed by atoms with Crippen molar-refractivity contribution in [1.82, 2.24) is 25.6 Å². The Bertz CT molecular complexity index is 1430. The standard InChI is InChI=1S/C28H29F6N7/c29-27(30,31)22-10-18(11-23(13-22)28(32,33)34)15-41(26-37-39-40-38-26)16-21-12-19-7-3-4-8-24(19)36-25(21)20(14-35)9-17-5-1-2-6-17/h3-4,7-8,10-13,17,20H,1-2,5-6,9,14-16,35H2,(H,37,38,39,40). The van der Waals surface area contributed by atoms with E-state index in [2.05, 4.69) is 20.6 Å². The first-order valence-electron chi connectivity index (χ1n) is 13.4. The second kappa shape index (κ2) is 11.6. The van der Waals surface area contributed by atoms with E-state index in [-0.39, 0.29) is 36.6 Å². The van der Waals surface area contributed by atoms with Crippen molar-refractivity contribution in [1.29, 1.82) is 0 Å². The van der Waals surface area contributed by atoms with Crippen LogP contribution in [0.4, 0.5) is 32.3 Å². The van der Waals surface area contributed by atoms with Crippen molar-refractivity contribution in [3.05, 3.63) is 76.5 Å². The normalized spacial score (nSPS) is 15.5. The molecule has 1 saturated carbocycles. The van der Waals surface area contributed by atoms with Gasteiger partial charge in [-0.25, -0.2) is 5.10 Å². The van der Waals surface area contributed by atoms with Gasteiger partial charge < -0.3 is 10.6 Å². The number of aromatic amines is 1. The topological polar surface area (TPSA) is 96.6 Å². The summed E-state index contributed by atoms with van der Waals surface area (Å²) in [5, 5.41) is 14.5. The van der Waals surface area contributed by atoms with Gasteiger partial charge in [-0.2, -0.15) is 26.3 Å². The number of alkyl halides is 6. The van der Waals surface area contributed by atoms with E-state index < -0.39 is 23.5 Å². The molecular weight excluding hydrogens is 548 g/mol. The van der Waals surface area contributed by atoms with Crippen molar-refractivity contribution in [2.45, 2.75) is 63.5 Å². The van der Waals surface area contributed by atoms with Gasteiger partial charge >= 0.3 is 12.4 Å². The molecule has 13 heteroatoms. The van der Waals surface area contributed by atoms with Crippen LogP contribution in [0.5, 0.6) is 0 Å². The first-order valence-corrected chi connectivity index (χ1v) is 13.4. The molecule has 5 rings (SSSR count). The fraction of sp³-hybridized carbons (Fsp3) is 0.429. The quantitative estimate of drug-likeness (QED) is 0.217. The Labute approximate surface area is 232 Å². The molecule has 1 unspecified atom stereocenters. The van der Waals surface area contributed by atoms with Crippen LogP contribution in [0.1, 0.15) is 66.0 Å². The lowest BCUT2D eigenvalue weighted by Gasteiger charge is -2.26. The van der Waals surface area contributed by atoms with Gasteiger partial charge in [-0.1, -0.05) is 49.0 Å². The summed E-state index contributed by atoms with van der Waals surface area (Å²) in [5.41, 5.74) is 5.57. The van der Waals surface area contributed by atoms with Crippen LogP contribution in [-0.4, -0.2) is 32.2 Å². The van der Waals surface area contributed by atoms with Crippen molar-refractivity contribution in [3.63, 3.8) is 0 Å². The number of hydrogen-bond donors (Lipinski definition) is 2. The van der Waals surface area contributed by atoms with Crippen LogP contribution in [0.15, 0.2) is 48.5 Å². The zero-order chi connectivity index (χ0) is 29.2. The predicted octanol–water partition coefficient (Wildman–Crippen LogP) is 6.61. The third-order valence-electron chi connectivity index (χ3n) is 7.62. The van der Waals surface area contributed by atoms with Gasteiger partial charge in [0.1, 0.15) is 0 Å². The van der Waals surface area contributed by atoms with E-state index in [1.807, 2.05) is 30.3 Å². The van der Waals surface area contributed by atoms with Crippen molar-refractivity contribution < 1.29 is 26.3 Å². The first-order chi connectivity index (χ1) is 19.5. The van der Waals surface area contributed by atoms with Gasteiger partial charge in [0, 0.05) is 30.9 Å². The molecule has 0 bridgehead atoms. The molecule has 1 aliphatic rings. The van der Waals surface area contributed by atoms with Crippen LogP contribution in [0.3, 0.4) is 0 Å². The number of pyridine rings is 1. The van der Waals surface area contributed by atoms with Gasteiger partial charge in [0.25, 0.3) is 0 Å². The number of nitrogens with one attached hydrogen (secondary N) is 1. The smallest absolute Gasteiger partial charge is 0.331 e. The van der Waals surface area contributed by atoms with E-state index in [9.17, 15) is 26.3 Å². The summed E-state index contributed by atoms with van der Waals surface area (Å²) in [4.78, 5) is 6.46. The maximum atomic E-state index is 13.6. The van der Waals surface area contributed by atoms with Crippen molar-refractivity contribution in [3.8, 4) is 0 Å². The molecule has 4 aromatic rings. The average Bonchev–Trinajstić information content (AvgIpc) is 3.65. The molecule has 0 aliphatic heterocycles. The molecule has 7 nitrogen and oxygen atoms in total. The van der Waals surface area contributed by atoms with E-state index >= 15 is 0 Å². The van der Waals surface area contributed by atoms with E-state index in [1.54, 1.807) is 0 Å². The number of anilines is 1. The van der Waals surface area contributed by atoms with Gasteiger partial charge in [0.15, 0.2) is 0 Å². The minimum Gasteiger partial charge on any atom is -0.331 e. The summed E-state index contributed by atoms with van der Waals surface area (Å²) in [6, 6.07) is 11.0. The fourth-order valence-electron chi connectivity index (χ4n) is 5.65. The number of nitrogens with zero attached hydrogens (tertiary/aromatic N) is 5. The lowest BCUT2D eigenvalue weighted by molar-refractivity contribution is -0.143. The second-order valence-electron chi connectivity index (χ2n) is 10.5. The predicted molar refractivity (Wildman–Crippen MR) is 141 cm³/mol. The Balaban J connectivity index is 1.56. The van der Waals surface area contributed by atoms with Gasteiger partial charge in [-0.3, -0.25) is 4.98 Å². The van der Waals surface area contributed by atoms with Crippen LogP contribution in [0.25, 0.3) is 10.9 Å². The van der Waals surface area contributed by atoms with Crippen molar-refractivity contribution in [2.75, 3.05) is 11.4 Å². The van der Waals surface area contributed by atoms with Gasteiger partial charge in [0.2, 0.25) is 5.95 Å². The van der Waals surface area contributed by atoms with Crippen molar-refractivity contribution >= 4 is 16.9 Å². The Morgan fingerprint density at radius 1 is 0.927 bits per heavy atom. The summed E-state index contributed by atoms with van der Waals surface area (Å²) in [7, 11) is 0. The molecule has 1 atom stereocenters. The highest BCUT2D eigenvalue weighted by Gasteiger charge is 2.37. The van der Waals surface area contributed by atoms with Gasteiger partial charge in [-0.05, 0) is 64.2 Å². The zero-order valence-corrected chi connectivity index (χ0v) is 22.0. The number of tetrazole rings is 1. The highest BCUT2D eigenvalue weighted by molar-refractivity contribution is 5.79. The molecular formula is C28H29F6N7. The molecule has 218 valence electrons.